The number of nitrogens with zero attached hydrogens (tertiary/aromatic N) is 2. The molecule has 24 heavy (non-hydrogen) atoms. The van der Waals surface area contributed by atoms with Crippen LogP contribution in [0.3, 0.4) is 0 Å². The van der Waals surface area contributed by atoms with Gasteiger partial charge in [-0.05, 0) is 31.0 Å². The molecule has 6 heteroatoms. The fourth-order valence-electron chi connectivity index (χ4n) is 2.07. The largest absolute Gasteiger partial charge is 0.382 e. The van der Waals surface area contributed by atoms with E-state index < -0.39 is 0 Å². The van der Waals surface area contributed by atoms with E-state index >= 15 is 0 Å². The molecule has 0 amide bonds. The molecule has 0 bridgehead atoms. The third-order valence-corrected chi connectivity index (χ3v) is 3.38. The number of benzene rings is 1. The van der Waals surface area contributed by atoms with Gasteiger partial charge in [-0.25, -0.2) is 4.99 Å². The average Bonchev–Trinajstić information content (AvgIpc) is 2.59. The summed E-state index contributed by atoms with van der Waals surface area (Å²) in [6.45, 7) is 6.40. The van der Waals surface area contributed by atoms with Crippen molar-refractivity contribution >= 4 is 11.6 Å². The molecule has 0 aliphatic carbocycles. The first-order valence-electron chi connectivity index (χ1n) is 8.52. The van der Waals surface area contributed by atoms with E-state index in [0.717, 1.165) is 32.1 Å². The van der Waals surface area contributed by atoms with Gasteiger partial charge >= 0.3 is 0 Å². The molecule has 0 atom stereocenters. The number of hydrogen-bond donors (Lipinski definition) is 2. The van der Waals surface area contributed by atoms with Crippen molar-refractivity contribution < 1.29 is 9.47 Å². The van der Waals surface area contributed by atoms with Gasteiger partial charge in [-0.1, -0.05) is 12.1 Å². The molecule has 0 spiro atoms. The molecule has 1 rings (SSSR count). The second-order valence-electron chi connectivity index (χ2n) is 5.64. The van der Waals surface area contributed by atoms with Crippen LogP contribution in [0.4, 0.5) is 5.69 Å². The van der Waals surface area contributed by atoms with E-state index in [2.05, 4.69) is 51.7 Å². The molecule has 2 N–H and O–H groups in total. The Labute approximate surface area is 146 Å². The van der Waals surface area contributed by atoms with Crippen molar-refractivity contribution in [2.75, 3.05) is 59.0 Å². The molecule has 1 aromatic rings. The van der Waals surface area contributed by atoms with Gasteiger partial charge in [-0.3, -0.25) is 0 Å². The first-order chi connectivity index (χ1) is 11.7. The van der Waals surface area contributed by atoms with Crippen LogP contribution >= 0.6 is 0 Å². The Balaban J connectivity index is 2.40. The summed E-state index contributed by atoms with van der Waals surface area (Å²) in [7, 11) is 5.77. The summed E-state index contributed by atoms with van der Waals surface area (Å²) in [6, 6.07) is 8.43. The third kappa shape index (κ3) is 8.74. The van der Waals surface area contributed by atoms with Crippen LogP contribution in [0, 0.1) is 0 Å². The summed E-state index contributed by atoms with van der Waals surface area (Å²) in [5.74, 6) is 0.838. The smallest absolute Gasteiger partial charge is 0.191 e. The first kappa shape index (κ1) is 20.3. The number of aliphatic imine (C=N–C) groups is 1. The highest BCUT2D eigenvalue weighted by atomic mass is 16.5. The van der Waals surface area contributed by atoms with Gasteiger partial charge in [-0.2, -0.15) is 0 Å². The molecule has 1 aromatic carbocycles. The van der Waals surface area contributed by atoms with Crippen molar-refractivity contribution in [2.24, 2.45) is 4.99 Å². The molecule has 0 aliphatic heterocycles. The monoisotopic (exact) mass is 336 g/mol. The van der Waals surface area contributed by atoms with Crippen molar-refractivity contribution in [3.63, 3.8) is 0 Å². The number of rotatable bonds is 11. The Hall–Kier alpha value is -1.79. The van der Waals surface area contributed by atoms with Crippen molar-refractivity contribution in [3.05, 3.63) is 29.8 Å². The summed E-state index contributed by atoms with van der Waals surface area (Å²) in [4.78, 5) is 6.74. The molecule has 6 nitrogen and oxygen atoms in total. The molecule has 0 unspecified atom stereocenters. The highest BCUT2D eigenvalue weighted by Crippen LogP contribution is 2.13. The van der Waals surface area contributed by atoms with E-state index in [1.807, 2.05) is 14.1 Å². The Bertz CT molecular complexity index is 478. The van der Waals surface area contributed by atoms with Crippen molar-refractivity contribution in [2.45, 2.75) is 19.9 Å². The minimum absolute atomic E-state index is 0.642. The van der Waals surface area contributed by atoms with Crippen LogP contribution in [0.25, 0.3) is 0 Å². The lowest BCUT2D eigenvalue weighted by Gasteiger charge is -2.14. The van der Waals surface area contributed by atoms with Gasteiger partial charge in [-0.15, -0.1) is 0 Å². The van der Waals surface area contributed by atoms with Gasteiger partial charge in [0.1, 0.15) is 0 Å². The topological polar surface area (TPSA) is 58.1 Å². The SMILES string of the molecule is CCNC(=NCc1cccc(N(C)C)c1)NCCCOCCOC. The second kappa shape index (κ2) is 12.6. The zero-order chi connectivity index (χ0) is 17.6. The van der Waals surface area contributed by atoms with Gasteiger partial charge in [0.15, 0.2) is 5.96 Å². The van der Waals surface area contributed by atoms with Crippen LogP contribution in [0.1, 0.15) is 18.9 Å². The minimum atomic E-state index is 0.642. The fourth-order valence-corrected chi connectivity index (χ4v) is 2.07. The quantitative estimate of drug-likeness (QED) is 0.367. The Morgan fingerprint density at radius 2 is 2.00 bits per heavy atom. The predicted molar refractivity (Wildman–Crippen MR) is 101 cm³/mol. The highest BCUT2D eigenvalue weighted by molar-refractivity contribution is 5.79. The summed E-state index contributed by atoms with van der Waals surface area (Å²) in [6.07, 6.45) is 0.935. The zero-order valence-electron chi connectivity index (χ0n) is 15.5. The number of hydrogen-bond acceptors (Lipinski definition) is 4. The minimum Gasteiger partial charge on any atom is -0.382 e. The lowest BCUT2D eigenvalue weighted by molar-refractivity contribution is 0.0698. The maximum atomic E-state index is 5.45. The number of nitrogens with one attached hydrogen (secondary N) is 2. The summed E-state index contributed by atoms with van der Waals surface area (Å²) in [5, 5.41) is 6.61. The van der Waals surface area contributed by atoms with Crippen LogP contribution in [0.15, 0.2) is 29.3 Å². The average molecular weight is 336 g/mol. The Morgan fingerprint density at radius 1 is 1.17 bits per heavy atom. The summed E-state index contributed by atoms with van der Waals surface area (Å²) >= 11 is 0. The number of ether oxygens (including phenoxy) is 2. The van der Waals surface area contributed by atoms with E-state index in [9.17, 15) is 0 Å². The molecule has 0 saturated carbocycles. The molecular formula is C18H32N4O2. The van der Waals surface area contributed by atoms with Gasteiger partial charge in [0, 0.05) is 46.6 Å². The van der Waals surface area contributed by atoms with Crippen LogP contribution < -0.4 is 15.5 Å². The van der Waals surface area contributed by atoms with Crippen LogP contribution in [0.5, 0.6) is 0 Å². The van der Waals surface area contributed by atoms with Gasteiger partial charge in [0.2, 0.25) is 0 Å². The highest BCUT2D eigenvalue weighted by Gasteiger charge is 2.00. The zero-order valence-corrected chi connectivity index (χ0v) is 15.5. The maximum Gasteiger partial charge on any atom is 0.191 e. The molecule has 136 valence electrons. The Kier molecular flexibility index (Phi) is 10.6. The van der Waals surface area contributed by atoms with E-state index in [-0.39, 0.29) is 0 Å². The molecule has 0 heterocycles. The lowest BCUT2D eigenvalue weighted by Crippen LogP contribution is -2.38. The van der Waals surface area contributed by atoms with Crippen molar-refractivity contribution in [1.29, 1.82) is 0 Å². The summed E-state index contributed by atoms with van der Waals surface area (Å²) in [5.41, 5.74) is 2.38. The Morgan fingerprint density at radius 3 is 2.71 bits per heavy atom. The second-order valence-corrected chi connectivity index (χ2v) is 5.64. The molecule has 0 radical (unpaired) electrons. The standard InChI is InChI=1S/C18H32N4O2/c1-5-19-18(20-10-7-11-24-13-12-23-4)21-15-16-8-6-9-17(14-16)22(2)3/h6,8-9,14H,5,7,10-13,15H2,1-4H3,(H2,19,20,21). The van der Waals surface area contributed by atoms with E-state index in [0.29, 0.717) is 19.8 Å². The van der Waals surface area contributed by atoms with Crippen LogP contribution in [0.2, 0.25) is 0 Å². The van der Waals surface area contributed by atoms with Crippen molar-refractivity contribution in [1.82, 2.24) is 10.6 Å². The van der Waals surface area contributed by atoms with Gasteiger partial charge in [0.05, 0.1) is 19.8 Å². The van der Waals surface area contributed by atoms with Crippen LogP contribution in [-0.2, 0) is 16.0 Å². The molecule has 0 aliphatic rings. The molecule has 0 saturated heterocycles. The molecular weight excluding hydrogens is 304 g/mol. The van der Waals surface area contributed by atoms with E-state index in [1.165, 1.54) is 11.3 Å². The summed E-state index contributed by atoms with van der Waals surface area (Å²) < 4.78 is 10.4. The number of guanidine groups is 1. The predicted octanol–water partition coefficient (Wildman–Crippen LogP) is 1.86. The third-order valence-electron chi connectivity index (χ3n) is 3.38. The number of anilines is 1. The van der Waals surface area contributed by atoms with Crippen LogP contribution in [-0.4, -0.2) is 60.1 Å². The van der Waals surface area contributed by atoms with E-state index in [4.69, 9.17) is 9.47 Å². The van der Waals surface area contributed by atoms with Crippen molar-refractivity contribution in [3.8, 4) is 0 Å². The van der Waals surface area contributed by atoms with Gasteiger partial charge in [0.25, 0.3) is 0 Å². The van der Waals surface area contributed by atoms with E-state index in [1.54, 1.807) is 7.11 Å². The van der Waals surface area contributed by atoms with Gasteiger partial charge < -0.3 is 25.0 Å². The lowest BCUT2D eigenvalue weighted by atomic mass is 10.2. The maximum absolute atomic E-state index is 5.45. The first-order valence-corrected chi connectivity index (χ1v) is 8.52. The fraction of sp³-hybridized carbons (Fsp3) is 0.611. The normalized spacial score (nSPS) is 11.4. The molecule has 0 fully saturated rings. The molecule has 0 aromatic heterocycles. The number of methoxy groups -OCH3 is 1.